The minimum Gasteiger partial charge on any atom is -0.379 e. The van der Waals surface area contributed by atoms with Gasteiger partial charge in [-0.1, -0.05) is 11.6 Å². The van der Waals surface area contributed by atoms with Crippen LogP contribution in [-0.4, -0.2) is 39.0 Å². The first-order chi connectivity index (χ1) is 8.49. The highest BCUT2D eigenvalue weighted by Crippen LogP contribution is 2.26. The van der Waals surface area contributed by atoms with E-state index >= 15 is 0 Å². The van der Waals surface area contributed by atoms with Crippen LogP contribution >= 0.6 is 27.5 Å². The molecular weight excluding hydrogens is 344 g/mol. The van der Waals surface area contributed by atoms with Crippen LogP contribution < -0.4 is 4.72 Å². The van der Waals surface area contributed by atoms with Gasteiger partial charge in [0.2, 0.25) is 0 Å². The van der Waals surface area contributed by atoms with E-state index < -0.39 is 10.2 Å². The monoisotopic (exact) mass is 354 g/mol. The summed E-state index contributed by atoms with van der Waals surface area (Å²) in [6, 6.07) is 4.90. The Morgan fingerprint density at radius 1 is 1.33 bits per heavy atom. The van der Waals surface area contributed by atoms with Crippen molar-refractivity contribution >= 4 is 43.4 Å². The lowest BCUT2D eigenvalue weighted by atomic mass is 10.3. The maximum Gasteiger partial charge on any atom is 0.301 e. The molecule has 0 amide bonds. The van der Waals surface area contributed by atoms with E-state index in [1.807, 2.05) is 0 Å². The molecular formula is C10H12BrClN2O3S. The van der Waals surface area contributed by atoms with E-state index in [1.165, 1.54) is 4.31 Å². The van der Waals surface area contributed by atoms with Crippen LogP contribution in [-0.2, 0) is 14.9 Å². The van der Waals surface area contributed by atoms with E-state index in [-0.39, 0.29) is 0 Å². The topological polar surface area (TPSA) is 58.6 Å². The highest BCUT2D eigenvalue weighted by atomic mass is 79.9. The molecule has 1 aliphatic rings. The number of ether oxygens (including phenoxy) is 1. The van der Waals surface area contributed by atoms with Crippen LogP contribution in [0.2, 0.25) is 5.02 Å². The van der Waals surface area contributed by atoms with Crippen LogP contribution in [0.5, 0.6) is 0 Å². The molecule has 0 bridgehead atoms. The molecule has 1 N–H and O–H groups in total. The van der Waals surface area contributed by atoms with Gasteiger partial charge in [0.1, 0.15) is 0 Å². The Labute approximate surface area is 119 Å². The molecule has 8 heteroatoms. The lowest BCUT2D eigenvalue weighted by molar-refractivity contribution is 0.0733. The predicted octanol–water partition coefficient (Wildman–Crippen LogP) is 2.09. The summed E-state index contributed by atoms with van der Waals surface area (Å²) in [6.45, 7) is 1.56. The van der Waals surface area contributed by atoms with Crippen LogP contribution in [0.25, 0.3) is 0 Å². The van der Waals surface area contributed by atoms with Crippen molar-refractivity contribution in [3.8, 4) is 0 Å². The molecule has 0 aliphatic carbocycles. The lowest BCUT2D eigenvalue weighted by Crippen LogP contribution is -2.43. The van der Waals surface area contributed by atoms with Gasteiger partial charge in [0, 0.05) is 17.6 Å². The van der Waals surface area contributed by atoms with E-state index in [1.54, 1.807) is 18.2 Å². The maximum absolute atomic E-state index is 12.1. The zero-order valence-corrected chi connectivity index (χ0v) is 12.6. The second-order valence-electron chi connectivity index (χ2n) is 3.75. The Kier molecular flexibility index (Phi) is 4.50. The Hall–Kier alpha value is -0.340. The highest BCUT2D eigenvalue weighted by molar-refractivity contribution is 9.10. The van der Waals surface area contributed by atoms with Crippen LogP contribution in [0.3, 0.4) is 0 Å². The number of hydrogen-bond donors (Lipinski definition) is 1. The smallest absolute Gasteiger partial charge is 0.301 e. The molecule has 1 heterocycles. The molecule has 100 valence electrons. The standard InChI is InChI=1S/C10H12BrClN2O3S/c11-9-2-1-8(7-10(9)12)13-18(15,16)14-3-5-17-6-4-14/h1-2,7,13H,3-6H2. The van der Waals surface area contributed by atoms with Gasteiger partial charge in [-0.15, -0.1) is 0 Å². The molecule has 0 unspecified atom stereocenters. The van der Waals surface area contributed by atoms with Crippen LogP contribution in [0, 0.1) is 0 Å². The predicted molar refractivity (Wildman–Crippen MR) is 74.1 cm³/mol. The molecule has 1 saturated heterocycles. The SMILES string of the molecule is O=S(=O)(Nc1ccc(Br)c(Cl)c1)N1CCOCC1. The summed E-state index contributed by atoms with van der Waals surface area (Å²) in [4.78, 5) is 0. The highest BCUT2D eigenvalue weighted by Gasteiger charge is 2.24. The normalized spacial score (nSPS) is 17.7. The molecule has 1 aromatic carbocycles. The second-order valence-corrected chi connectivity index (χ2v) is 6.68. The molecule has 0 radical (unpaired) electrons. The Morgan fingerprint density at radius 2 is 2.00 bits per heavy atom. The number of nitrogens with one attached hydrogen (secondary N) is 1. The van der Waals surface area contributed by atoms with Crippen molar-refractivity contribution in [2.24, 2.45) is 0 Å². The first kappa shape index (κ1) is 14.1. The number of morpholine rings is 1. The van der Waals surface area contributed by atoms with Gasteiger partial charge in [-0.3, -0.25) is 4.72 Å². The third kappa shape index (κ3) is 3.36. The number of rotatable bonds is 3. The largest absolute Gasteiger partial charge is 0.379 e. The molecule has 5 nitrogen and oxygen atoms in total. The summed E-state index contributed by atoms with van der Waals surface area (Å²) in [7, 11) is -3.54. The van der Waals surface area contributed by atoms with E-state index in [9.17, 15) is 8.42 Å². The zero-order chi connectivity index (χ0) is 13.2. The molecule has 2 rings (SSSR count). The summed E-state index contributed by atoms with van der Waals surface area (Å²) in [6.07, 6.45) is 0. The van der Waals surface area contributed by atoms with E-state index in [0.717, 1.165) is 4.47 Å². The Morgan fingerprint density at radius 3 is 2.61 bits per heavy atom. The van der Waals surface area contributed by atoms with Gasteiger partial charge in [-0.05, 0) is 34.1 Å². The fourth-order valence-electron chi connectivity index (χ4n) is 1.56. The zero-order valence-electron chi connectivity index (χ0n) is 9.40. The number of halogens is 2. The van der Waals surface area contributed by atoms with Gasteiger partial charge < -0.3 is 4.74 Å². The Bertz CT molecular complexity index is 532. The summed E-state index contributed by atoms with van der Waals surface area (Å²) < 4.78 is 33.8. The van der Waals surface area contributed by atoms with E-state index in [2.05, 4.69) is 20.7 Å². The van der Waals surface area contributed by atoms with Gasteiger partial charge in [0.15, 0.2) is 0 Å². The molecule has 1 fully saturated rings. The fraction of sp³-hybridized carbons (Fsp3) is 0.400. The Balaban J connectivity index is 2.13. The number of hydrogen-bond acceptors (Lipinski definition) is 3. The third-order valence-electron chi connectivity index (χ3n) is 2.48. The van der Waals surface area contributed by atoms with Crippen LogP contribution in [0.1, 0.15) is 0 Å². The minimum atomic E-state index is -3.54. The number of anilines is 1. The van der Waals surface area contributed by atoms with Crippen molar-refractivity contribution in [1.29, 1.82) is 0 Å². The van der Waals surface area contributed by atoms with Crippen molar-refractivity contribution in [2.75, 3.05) is 31.0 Å². The van der Waals surface area contributed by atoms with Crippen molar-refractivity contribution < 1.29 is 13.2 Å². The molecule has 0 saturated carbocycles. The van der Waals surface area contributed by atoms with Gasteiger partial charge in [0.05, 0.1) is 23.9 Å². The third-order valence-corrected chi connectivity index (χ3v) is 5.25. The van der Waals surface area contributed by atoms with Crippen molar-refractivity contribution in [3.63, 3.8) is 0 Å². The average Bonchev–Trinajstić information content (AvgIpc) is 2.35. The van der Waals surface area contributed by atoms with E-state index in [0.29, 0.717) is 37.0 Å². The van der Waals surface area contributed by atoms with Gasteiger partial charge in [-0.25, -0.2) is 0 Å². The minimum absolute atomic E-state index is 0.361. The van der Waals surface area contributed by atoms with Gasteiger partial charge in [0.25, 0.3) is 0 Å². The molecule has 1 aliphatic heterocycles. The quantitative estimate of drug-likeness (QED) is 0.903. The first-order valence-corrected chi connectivity index (χ1v) is 7.91. The fourth-order valence-corrected chi connectivity index (χ4v) is 3.17. The summed E-state index contributed by atoms with van der Waals surface area (Å²) in [5.41, 5.74) is 0.440. The van der Waals surface area contributed by atoms with Gasteiger partial charge in [-0.2, -0.15) is 12.7 Å². The van der Waals surface area contributed by atoms with Crippen molar-refractivity contribution in [2.45, 2.75) is 0 Å². The van der Waals surface area contributed by atoms with Crippen molar-refractivity contribution in [1.82, 2.24) is 4.31 Å². The maximum atomic E-state index is 12.1. The average molecular weight is 356 g/mol. The molecule has 0 spiro atoms. The summed E-state index contributed by atoms with van der Waals surface area (Å²) in [5, 5.41) is 0.456. The van der Waals surface area contributed by atoms with Gasteiger partial charge >= 0.3 is 10.2 Å². The molecule has 1 aromatic rings. The summed E-state index contributed by atoms with van der Waals surface area (Å²) >= 11 is 9.16. The first-order valence-electron chi connectivity index (χ1n) is 5.30. The van der Waals surface area contributed by atoms with Crippen LogP contribution in [0.4, 0.5) is 5.69 Å². The molecule has 0 atom stereocenters. The number of benzene rings is 1. The van der Waals surface area contributed by atoms with Crippen LogP contribution in [0.15, 0.2) is 22.7 Å². The molecule has 18 heavy (non-hydrogen) atoms. The second kappa shape index (κ2) is 5.75. The van der Waals surface area contributed by atoms with Crippen molar-refractivity contribution in [3.05, 3.63) is 27.7 Å². The summed E-state index contributed by atoms with van der Waals surface area (Å²) in [5.74, 6) is 0. The number of nitrogens with zero attached hydrogens (tertiary/aromatic N) is 1. The van der Waals surface area contributed by atoms with E-state index in [4.69, 9.17) is 16.3 Å². The molecule has 0 aromatic heterocycles. The lowest BCUT2D eigenvalue weighted by Gasteiger charge is -2.26.